The fourth-order valence-electron chi connectivity index (χ4n) is 1.96. The summed E-state index contributed by atoms with van der Waals surface area (Å²) < 4.78 is 0. The minimum Gasteiger partial charge on any atom is -0.478 e. The Hall–Kier alpha value is -1.48. The van der Waals surface area contributed by atoms with Crippen LogP contribution in [-0.2, 0) is 4.79 Å². The van der Waals surface area contributed by atoms with Crippen LogP contribution in [0.5, 0.6) is 0 Å². The van der Waals surface area contributed by atoms with E-state index in [1.165, 1.54) is 0 Å². The van der Waals surface area contributed by atoms with Crippen LogP contribution < -0.4 is 5.73 Å². The Labute approximate surface area is 105 Å². The first-order valence-corrected chi connectivity index (χ1v) is 5.88. The highest BCUT2D eigenvalue weighted by molar-refractivity contribution is 6.33. The predicted molar refractivity (Wildman–Crippen MR) is 68.8 cm³/mol. The van der Waals surface area contributed by atoms with E-state index in [9.17, 15) is 4.79 Å². The third-order valence-electron chi connectivity index (χ3n) is 3.02. The Kier molecular flexibility index (Phi) is 3.11. The first-order valence-electron chi connectivity index (χ1n) is 5.50. The first kappa shape index (κ1) is 12.0. The average molecular weight is 252 g/mol. The molecule has 0 aliphatic heterocycles. The number of halogens is 1. The summed E-state index contributed by atoms with van der Waals surface area (Å²) in [6, 6.07) is 5.30. The fraction of sp³-hybridized carbons (Fsp3) is 0.308. The number of benzene rings is 1. The number of nitrogens with two attached hydrogens (primary N) is 1. The van der Waals surface area contributed by atoms with E-state index in [0.29, 0.717) is 22.2 Å². The number of allylic oxidation sites excluding steroid dienone is 1. The summed E-state index contributed by atoms with van der Waals surface area (Å²) >= 11 is 5.87. The van der Waals surface area contributed by atoms with Gasteiger partial charge >= 0.3 is 5.97 Å². The van der Waals surface area contributed by atoms with E-state index in [-0.39, 0.29) is 0 Å². The Morgan fingerprint density at radius 1 is 1.47 bits per heavy atom. The maximum absolute atomic E-state index is 11.1. The Bertz CT molecular complexity index is 504. The molecular formula is C13H14ClNO2. The Balaban J connectivity index is 2.50. The molecular weight excluding hydrogens is 238 g/mol. The minimum absolute atomic E-state index is 0.353. The second kappa shape index (κ2) is 4.41. The molecule has 1 aliphatic rings. The molecule has 0 aromatic heterocycles. The van der Waals surface area contributed by atoms with Gasteiger partial charge in [-0.15, -0.1) is 0 Å². The lowest BCUT2D eigenvalue weighted by Crippen LogP contribution is -2.03. The van der Waals surface area contributed by atoms with Crippen LogP contribution >= 0.6 is 11.6 Å². The standard InChI is InChI=1S/C13H14ClNO2/c1-7(13(16)17)12(8-2-3-8)9-4-5-10(14)11(15)6-9/h4-6,8H,2-3,15H2,1H3,(H,16,17)/b12-7-. The van der Waals surface area contributed by atoms with Crippen molar-refractivity contribution in [3.05, 3.63) is 34.4 Å². The minimum atomic E-state index is -0.875. The van der Waals surface area contributed by atoms with Crippen molar-refractivity contribution in [3.63, 3.8) is 0 Å². The van der Waals surface area contributed by atoms with E-state index in [0.717, 1.165) is 24.0 Å². The number of nitrogen functional groups attached to an aromatic ring is 1. The summed E-state index contributed by atoms with van der Waals surface area (Å²) in [5.41, 5.74) is 8.40. The lowest BCUT2D eigenvalue weighted by molar-refractivity contribution is -0.132. The van der Waals surface area contributed by atoms with Crippen molar-refractivity contribution in [2.45, 2.75) is 19.8 Å². The number of anilines is 1. The van der Waals surface area contributed by atoms with E-state index in [2.05, 4.69) is 0 Å². The number of carboxylic acids is 1. The molecule has 1 aromatic rings. The van der Waals surface area contributed by atoms with Crippen LogP contribution in [0.25, 0.3) is 5.57 Å². The molecule has 1 saturated carbocycles. The third kappa shape index (κ3) is 2.44. The highest BCUT2D eigenvalue weighted by Crippen LogP contribution is 2.44. The molecule has 2 rings (SSSR count). The molecule has 0 atom stereocenters. The molecule has 0 radical (unpaired) electrons. The molecule has 0 unspecified atom stereocenters. The van der Waals surface area contributed by atoms with Gasteiger partial charge in [-0.25, -0.2) is 4.79 Å². The molecule has 1 fully saturated rings. The van der Waals surface area contributed by atoms with Gasteiger partial charge in [0.05, 0.1) is 10.7 Å². The largest absolute Gasteiger partial charge is 0.478 e. The van der Waals surface area contributed by atoms with Gasteiger partial charge in [-0.2, -0.15) is 0 Å². The normalized spacial score (nSPS) is 16.6. The van der Waals surface area contributed by atoms with Crippen LogP contribution in [0, 0.1) is 5.92 Å². The molecule has 1 aliphatic carbocycles. The maximum Gasteiger partial charge on any atom is 0.331 e. The van der Waals surface area contributed by atoms with Crippen molar-refractivity contribution < 1.29 is 9.90 Å². The second-order valence-corrected chi connectivity index (χ2v) is 4.76. The van der Waals surface area contributed by atoms with Gasteiger partial charge in [-0.05, 0) is 49.0 Å². The smallest absolute Gasteiger partial charge is 0.331 e. The quantitative estimate of drug-likeness (QED) is 0.641. The van der Waals surface area contributed by atoms with E-state index >= 15 is 0 Å². The number of carbonyl (C=O) groups is 1. The van der Waals surface area contributed by atoms with Crippen LogP contribution in [0.15, 0.2) is 23.8 Å². The molecule has 17 heavy (non-hydrogen) atoms. The van der Waals surface area contributed by atoms with Gasteiger partial charge in [0.1, 0.15) is 0 Å². The predicted octanol–water partition coefficient (Wildman–Crippen LogP) is 3.19. The topological polar surface area (TPSA) is 63.3 Å². The summed E-state index contributed by atoms with van der Waals surface area (Å²) in [5.74, 6) is -0.521. The van der Waals surface area contributed by atoms with Gasteiger partial charge in [0.25, 0.3) is 0 Å². The number of hydrogen-bond donors (Lipinski definition) is 2. The number of hydrogen-bond acceptors (Lipinski definition) is 2. The molecule has 3 N–H and O–H groups in total. The van der Waals surface area contributed by atoms with E-state index in [1.807, 2.05) is 6.07 Å². The van der Waals surface area contributed by atoms with E-state index in [4.69, 9.17) is 22.4 Å². The van der Waals surface area contributed by atoms with Crippen LogP contribution in [-0.4, -0.2) is 11.1 Å². The summed E-state index contributed by atoms with van der Waals surface area (Å²) in [5, 5.41) is 9.60. The number of rotatable bonds is 3. The lowest BCUT2D eigenvalue weighted by Gasteiger charge is -2.10. The zero-order chi connectivity index (χ0) is 12.6. The zero-order valence-corrected chi connectivity index (χ0v) is 10.3. The molecule has 1 aromatic carbocycles. The van der Waals surface area contributed by atoms with Crippen LogP contribution in [0.4, 0.5) is 5.69 Å². The van der Waals surface area contributed by atoms with Crippen LogP contribution in [0.3, 0.4) is 0 Å². The van der Waals surface area contributed by atoms with Crippen molar-refractivity contribution in [2.24, 2.45) is 5.92 Å². The second-order valence-electron chi connectivity index (χ2n) is 4.35. The number of aliphatic carboxylic acids is 1. The van der Waals surface area contributed by atoms with Crippen molar-refractivity contribution in [3.8, 4) is 0 Å². The van der Waals surface area contributed by atoms with Gasteiger partial charge in [-0.1, -0.05) is 17.7 Å². The van der Waals surface area contributed by atoms with E-state index in [1.54, 1.807) is 19.1 Å². The van der Waals surface area contributed by atoms with Crippen molar-refractivity contribution >= 4 is 28.8 Å². The average Bonchev–Trinajstić information content (AvgIpc) is 3.07. The Morgan fingerprint density at radius 3 is 2.59 bits per heavy atom. The molecule has 0 saturated heterocycles. The summed E-state index contributed by atoms with van der Waals surface area (Å²) in [6.45, 7) is 1.64. The van der Waals surface area contributed by atoms with Crippen molar-refractivity contribution in [2.75, 3.05) is 5.73 Å². The molecule has 0 amide bonds. The van der Waals surface area contributed by atoms with Crippen molar-refractivity contribution in [1.82, 2.24) is 0 Å². The van der Waals surface area contributed by atoms with Gasteiger partial charge in [0.15, 0.2) is 0 Å². The summed E-state index contributed by atoms with van der Waals surface area (Å²) in [4.78, 5) is 11.1. The Morgan fingerprint density at radius 2 is 2.12 bits per heavy atom. The molecule has 0 bridgehead atoms. The van der Waals surface area contributed by atoms with Crippen molar-refractivity contribution in [1.29, 1.82) is 0 Å². The molecule has 90 valence electrons. The van der Waals surface area contributed by atoms with E-state index < -0.39 is 5.97 Å². The van der Waals surface area contributed by atoms with Crippen LogP contribution in [0.1, 0.15) is 25.3 Å². The highest BCUT2D eigenvalue weighted by atomic mass is 35.5. The maximum atomic E-state index is 11.1. The molecule has 0 spiro atoms. The fourth-order valence-corrected chi connectivity index (χ4v) is 2.07. The zero-order valence-electron chi connectivity index (χ0n) is 9.53. The van der Waals surface area contributed by atoms with Gasteiger partial charge in [0, 0.05) is 5.57 Å². The van der Waals surface area contributed by atoms with Gasteiger partial charge in [0.2, 0.25) is 0 Å². The summed E-state index contributed by atoms with van der Waals surface area (Å²) in [7, 11) is 0. The lowest BCUT2D eigenvalue weighted by atomic mass is 9.96. The monoisotopic (exact) mass is 251 g/mol. The van der Waals surface area contributed by atoms with Crippen LogP contribution in [0.2, 0.25) is 5.02 Å². The summed E-state index contributed by atoms with van der Waals surface area (Å²) in [6.07, 6.45) is 2.09. The SMILES string of the molecule is C/C(C(=O)O)=C(/c1ccc(Cl)c(N)c1)C1CC1. The molecule has 4 heteroatoms. The number of carboxylic acid groups (broad SMARTS) is 1. The first-order chi connectivity index (χ1) is 8.00. The molecule has 3 nitrogen and oxygen atoms in total. The van der Waals surface area contributed by atoms with Gasteiger partial charge < -0.3 is 10.8 Å². The molecule has 0 heterocycles. The van der Waals surface area contributed by atoms with Gasteiger partial charge in [-0.3, -0.25) is 0 Å². The third-order valence-corrected chi connectivity index (χ3v) is 3.36. The highest BCUT2D eigenvalue weighted by Gasteiger charge is 2.30.